The molecule has 1 aromatic heterocycles. The van der Waals surface area contributed by atoms with Gasteiger partial charge in [0.05, 0.1) is 5.56 Å². The van der Waals surface area contributed by atoms with E-state index in [9.17, 15) is 18.4 Å². The van der Waals surface area contributed by atoms with E-state index in [2.05, 4.69) is 10.3 Å². The van der Waals surface area contributed by atoms with E-state index < -0.39 is 23.7 Å². The van der Waals surface area contributed by atoms with E-state index in [1.807, 2.05) is 12.1 Å². The van der Waals surface area contributed by atoms with E-state index in [1.54, 1.807) is 12.1 Å². The lowest BCUT2D eigenvalue weighted by molar-refractivity contribution is -0.123. The topological polar surface area (TPSA) is 71.2 Å². The molecule has 2 N–H and O–H groups in total. The SMILES string of the molecule is C[C@H](OC(=O)c1c[nH]c2ccccc12)C(=O)Nc1ccc(SC(F)F)cc1. The molecular formula is C19H16F2N2O3S. The molecule has 5 nitrogen and oxygen atoms in total. The molecule has 0 aliphatic heterocycles. The third-order valence-electron chi connectivity index (χ3n) is 3.81. The number of esters is 1. The smallest absolute Gasteiger partial charge is 0.341 e. The van der Waals surface area contributed by atoms with Gasteiger partial charge in [-0.2, -0.15) is 8.78 Å². The van der Waals surface area contributed by atoms with E-state index in [1.165, 1.54) is 37.4 Å². The Labute approximate surface area is 158 Å². The quantitative estimate of drug-likeness (QED) is 0.474. The fourth-order valence-corrected chi connectivity index (χ4v) is 2.98. The standard InChI is InChI=1S/C19H16F2N2O3S/c1-11(17(24)23-12-6-8-13(9-7-12)27-19(20)21)26-18(25)15-10-22-16-5-3-2-4-14(15)16/h2-11,19,22H,1H3,(H,23,24)/t11-/m0/s1. The zero-order chi connectivity index (χ0) is 19.4. The van der Waals surface area contributed by atoms with Crippen molar-refractivity contribution in [3.63, 3.8) is 0 Å². The van der Waals surface area contributed by atoms with E-state index >= 15 is 0 Å². The average Bonchev–Trinajstić information content (AvgIpc) is 3.07. The van der Waals surface area contributed by atoms with Gasteiger partial charge in [0.1, 0.15) is 0 Å². The molecular weight excluding hydrogens is 374 g/mol. The van der Waals surface area contributed by atoms with Gasteiger partial charge in [0.25, 0.3) is 11.7 Å². The fraction of sp³-hybridized carbons (Fsp3) is 0.158. The molecule has 140 valence electrons. The van der Waals surface area contributed by atoms with Gasteiger partial charge < -0.3 is 15.0 Å². The molecule has 0 fully saturated rings. The van der Waals surface area contributed by atoms with Crippen molar-refractivity contribution in [2.24, 2.45) is 0 Å². The van der Waals surface area contributed by atoms with Crippen molar-refractivity contribution in [2.75, 3.05) is 5.32 Å². The van der Waals surface area contributed by atoms with Crippen molar-refractivity contribution in [1.82, 2.24) is 4.98 Å². The summed E-state index contributed by atoms with van der Waals surface area (Å²) in [6, 6.07) is 13.2. The number of alkyl halides is 2. The minimum Gasteiger partial charge on any atom is -0.449 e. The van der Waals surface area contributed by atoms with E-state index in [-0.39, 0.29) is 0 Å². The number of fused-ring (bicyclic) bond motifs is 1. The van der Waals surface area contributed by atoms with E-state index in [0.29, 0.717) is 33.3 Å². The van der Waals surface area contributed by atoms with Crippen molar-refractivity contribution in [2.45, 2.75) is 23.7 Å². The first-order valence-electron chi connectivity index (χ1n) is 8.07. The van der Waals surface area contributed by atoms with Crippen LogP contribution in [0.3, 0.4) is 0 Å². The number of amides is 1. The number of hydrogen-bond donors (Lipinski definition) is 2. The van der Waals surface area contributed by atoms with Crippen LogP contribution in [0.15, 0.2) is 59.6 Å². The van der Waals surface area contributed by atoms with Crippen molar-refractivity contribution < 1.29 is 23.1 Å². The van der Waals surface area contributed by atoms with Crippen LogP contribution in [0.5, 0.6) is 0 Å². The maximum atomic E-state index is 12.3. The van der Waals surface area contributed by atoms with Gasteiger partial charge in [-0.05, 0) is 37.3 Å². The molecule has 27 heavy (non-hydrogen) atoms. The summed E-state index contributed by atoms with van der Waals surface area (Å²) >= 11 is 0.422. The lowest BCUT2D eigenvalue weighted by Crippen LogP contribution is -2.29. The van der Waals surface area contributed by atoms with Gasteiger partial charge in [-0.1, -0.05) is 30.0 Å². The van der Waals surface area contributed by atoms with Crippen LogP contribution in [0.2, 0.25) is 0 Å². The molecule has 3 rings (SSSR count). The number of thioether (sulfide) groups is 1. The molecule has 0 saturated heterocycles. The summed E-state index contributed by atoms with van der Waals surface area (Å²) in [5, 5.41) is 3.30. The van der Waals surface area contributed by atoms with Crippen LogP contribution in [0, 0.1) is 0 Å². The van der Waals surface area contributed by atoms with Crippen LogP contribution in [0.25, 0.3) is 10.9 Å². The van der Waals surface area contributed by atoms with Crippen LogP contribution in [0.1, 0.15) is 17.3 Å². The summed E-state index contributed by atoms with van der Waals surface area (Å²) in [7, 11) is 0. The largest absolute Gasteiger partial charge is 0.449 e. The highest BCUT2D eigenvalue weighted by Gasteiger charge is 2.21. The average molecular weight is 390 g/mol. The second-order valence-corrected chi connectivity index (χ2v) is 6.75. The number of para-hydroxylation sites is 1. The molecule has 0 aliphatic carbocycles. The van der Waals surface area contributed by atoms with Crippen LogP contribution in [0.4, 0.5) is 14.5 Å². The van der Waals surface area contributed by atoms with Crippen molar-refractivity contribution in [1.29, 1.82) is 0 Å². The summed E-state index contributed by atoms with van der Waals surface area (Å²) in [5.41, 5.74) is 1.57. The molecule has 1 amide bonds. The number of aromatic nitrogens is 1. The monoisotopic (exact) mass is 390 g/mol. The summed E-state index contributed by atoms with van der Waals surface area (Å²) in [6.45, 7) is 1.46. The zero-order valence-electron chi connectivity index (χ0n) is 14.2. The molecule has 1 heterocycles. The highest BCUT2D eigenvalue weighted by atomic mass is 32.2. The second kappa shape index (κ2) is 8.22. The van der Waals surface area contributed by atoms with Gasteiger partial charge in [-0.3, -0.25) is 4.79 Å². The Hall–Kier alpha value is -2.87. The molecule has 0 aliphatic rings. The Morgan fingerprint density at radius 1 is 1.11 bits per heavy atom. The molecule has 3 aromatic rings. The van der Waals surface area contributed by atoms with Gasteiger partial charge >= 0.3 is 5.97 Å². The molecule has 8 heteroatoms. The normalized spacial score (nSPS) is 12.1. The molecule has 0 saturated carbocycles. The lowest BCUT2D eigenvalue weighted by Gasteiger charge is -2.13. The first-order chi connectivity index (χ1) is 12.9. The first-order valence-corrected chi connectivity index (χ1v) is 8.95. The molecule has 0 bridgehead atoms. The number of benzene rings is 2. The number of carbonyl (C=O) groups excluding carboxylic acids is 2. The Bertz CT molecular complexity index is 957. The van der Waals surface area contributed by atoms with Crippen molar-refractivity contribution >= 4 is 40.2 Å². The highest BCUT2D eigenvalue weighted by Crippen LogP contribution is 2.26. The number of anilines is 1. The van der Waals surface area contributed by atoms with Gasteiger partial charge in [-0.25, -0.2) is 4.79 Å². The predicted octanol–water partition coefficient (Wildman–Crippen LogP) is 4.67. The number of carbonyl (C=O) groups is 2. The third kappa shape index (κ3) is 4.65. The zero-order valence-corrected chi connectivity index (χ0v) is 15.1. The number of H-pyrrole nitrogens is 1. The summed E-state index contributed by atoms with van der Waals surface area (Å²) in [6.07, 6.45) is 0.512. The van der Waals surface area contributed by atoms with Crippen LogP contribution in [-0.4, -0.2) is 28.7 Å². The highest BCUT2D eigenvalue weighted by molar-refractivity contribution is 7.99. The van der Waals surface area contributed by atoms with Gasteiger partial charge in [0.15, 0.2) is 6.10 Å². The van der Waals surface area contributed by atoms with Crippen LogP contribution < -0.4 is 5.32 Å². The van der Waals surface area contributed by atoms with Crippen LogP contribution in [-0.2, 0) is 9.53 Å². The number of ether oxygens (including phenoxy) is 1. The van der Waals surface area contributed by atoms with Crippen molar-refractivity contribution in [3.8, 4) is 0 Å². The number of hydrogen-bond acceptors (Lipinski definition) is 4. The first kappa shape index (κ1) is 18.9. The Kier molecular flexibility index (Phi) is 5.75. The number of rotatable bonds is 6. The minimum absolute atomic E-state index is 0.346. The lowest BCUT2D eigenvalue weighted by atomic mass is 10.2. The number of aromatic amines is 1. The summed E-state index contributed by atoms with van der Waals surface area (Å²) in [5.74, 6) is -3.63. The fourth-order valence-electron chi connectivity index (χ4n) is 2.48. The van der Waals surface area contributed by atoms with E-state index in [0.717, 1.165) is 5.52 Å². The number of nitrogens with one attached hydrogen (secondary N) is 2. The Morgan fingerprint density at radius 3 is 2.52 bits per heavy atom. The summed E-state index contributed by atoms with van der Waals surface area (Å²) in [4.78, 5) is 27.9. The van der Waals surface area contributed by atoms with E-state index in [4.69, 9.17) is 4.74 Å². The predicted molar refractivity (Wildman–Crippen MR) is 100 cm³/mol. The third-order valence-corrected chi connectivity index (χ3v) is 4.53. The van der Waals surface area contributed by atoms with Crippen molar-refractivity contribution in [3.05, 3.63) is 60.3 Å². The Morgan fingerprint density at radius 2 is 1.81 bits per heavy atom. The maximum absolute atomic E-state index is 12.3. The molecule has 0 spiro atoms. The molecule has 2 aromatic carbocycles. The van der Waals surface area contributed by atoms with Crippen LogP contribution >= 0.6 is 11.8 Å². The number of halogens is 2. The Balaban J connectivity index is 1.61. The summed E-state index contributed by atoms with van der Waals surface area (Å²) < 4.78 is 29.9. The maximum Gasteiger partial charge on any atom is 0.341 e. The molecule has 1 atom stereocenters. The minimum atomic E-state index is -2.51. The van der Waals surface area contributed by atoms with Gasteiger partial charge in [0, 0.05) is 27.7 Å². The molecule has 0 radical (unpaired) electrons. The second-order valence-electron chi connectivity index (χ2n) is 5.69. The van der Waals surface area contributed by atoms with Gasteiger partial charge in [0.2, 0.25) is 0 Å². The van der Waals surface area contributed by atoms with Gasteiger partial charge in [-0.15, -0.1) is 0 Å². The molecule has 0 unspecified atom stereocenters.